The summed E-state index contributed by atoms with van der Waals surface area (Å²) in [7, 11) is 1.85. The Morgan fingerprint density at radius 1 is 1.25 bits per heavy atom. The summed E-state index contributed by atoms with van der Waals surface area (Å²) >= 11 is 2.64. The number of esters is 1. The van der Waals surface area contributed by atoms with E-state index in [9.17, 15) is 9.59 Å². The summed E-state index contributed by atoms with van der Waals surface area (Å²) in [5.74, 6) is 0.260. The smallest absolute Gasteiger partial charge is 0.341 e. The van der Waals surface area contributed by atoms with Crippen molar-refractivity contribution in [1.82, 2.24) is 14.8 Å². The van der Waals surface area contributed by atoms with Crippen molar-refractivity contribution in [2.24, 2.45) is 7.05 Å². The van der Waals surface area contributed by atoms with Gasteiger partial charge in [-0.15, -0.1) is 21.5 Å². The van der Waals surface area contributed by atoms with E-state index in [0.717, 1.165) is 16.3 Å². The van der Waals surface area contributed by atoms with Gasteiger partial charge in [-0.05, 0) is 25.5 Å². The fourth-order valence-electron chi connectivity index (χ4n) is 2.40. The number of aromatic nitrogens is 3. The summed E-state index contributed by atoms with van der Waals surface area (Å²) in [4.78, 5) is 25.7. The van der Waals surface area contributed by atoms with Crippen molar-refractivity contribution in [1.29, 1.82) is 0 Å². The molecule has 0 aliphatic carbocycles. The molecule has 0 fully saturated rings. The Hall–Kier alpha value is -2.65. The first-order valence-electron chi connectivity index (χ1n) is 8.64. The molecule has 0 radical (unpaired) electrons. The quantitative estimate of drug-likeness (QED) is 0.466. The lowest BCUT2D eigenvalue weighted by atomic mass is 10.1. The number of thiophene rings is 1. The average molecular weight is 417 g/mol. The van der Waals surface area contributed by atoms with E-state index in [1.807, 2.05) is 48.9 Å². The number of carbonyl (C=O) groups excluding carboxylic acids is 2. The number of benzene rings is 1. The molecule has 28 heavy (non-hydrogen) atoms. The second-order valence-corrected chi connectivity index (χ2v) is 7.86. The summed E-state index contributed by atoms with van der Waals surface area (Å²) in [6.07, 6.45) is 0. The van der Waals surface area contributed by atoms with Crippen LogP contribution in [0.2, 0.25) is 0 Å². The standard InChI is InChI=1S/C19H20N4O3S2/c1-4-26-18(25)14-10-15(13-8-6-5-7-9-13)28-17(14)20-16(24)11-27-19-22-21-12(2)23(19)3/h5-10H,4,11H2,1-3H3,(H,20,24). The molecule has 3 aromatic rings. The maximum Gasteiger partial charge on any atom is 0.341 e. The van der Waals surface area contributed by atoms with Crippen molar-refractivity contribution >= 4 is 40.0 Å². The Kier molecular flexibility index (Phi) is 6.48. The highest BCUT2D eigenvalue weighted by molar-refractivity contribution is 7.99. The molecule has 1 aromatic carbocycles. The summed E-state index contributed by atoms with van der Waals surface area (Å²) in [5.41, 5.74) is 1.33. The van der Waals surface area contributed by atoms with E-state index in [0.29, 0.717) is 15.7 Å². The van der Waals surface area contributed by atoms with Crippen molar-refractivity contribution in [3.05, 3.63) is 47.8 Å². The SMILES string of the molecule is CCOC(=O)c1cc(-c2ccccc2)sc1NC(=O)CSc1nnc(C)n1C. The average Bonchev–Trinajstić information content (AvgIpc) is 3.25. The van der Waals surface area contributed by atoms with Gasteiger partial charge in [0.15, 0.2) is 5.16 Å². The predicted molar refractivity (Wildman–Crippen MR) is 111 cm³/mol. The molecule has 0 aliphatic rings. The minimum atomic E-state index is -0.451. The fraction of sp³-hybridized carbons (Fsp3) is 0.263. The molecular formula is C19H20N4O3S2. The first kappa shape index (κ1) is 20.1. The number of nitrogens with one attached hydrogen (secondary N) is 1. The number of thioether (sulfide) groups is 1. The molecule has 3 rings (SSSR count). The van der Waals surface area contributed by atoms with Crippen molar-refractivity contribution in [2.75, 3.05) is 17.7 Å². The first-order valence-corrected chi connectivity index (χ1v) is 10.4. The van der Waals surface area contributed by atoms with E-state index < -0.39 is 5.97 Å². The third kappa shape index (κ3) is 4.60. The Labute approximate surface area is 171 Å². The maximum absolute atomic E-state index is 12.4. The zero-order chi connectivity index (χ0) is 20.1. The monoisotopic (exact) mass is 416 g/mol. The molecular weight excluding hydrogens is 396 g/mol. The molecule has 1 N–H and O–H groups in total. The predicted octanol–water partition coefficient (Wildman–Crippen LogP) is 3.76. The number of aryl methyl sites for hydroxylation is 1. The number of rotatable bonds is 7. The highest BCUT2D eigenvalue weighted by Crippen LogP contribution is 2.36. The van der Waals surface area contributed by atoms with E-state index in [-0.39, 0.29) is 18.3 Å². The van der Waals surface area contributed by atoms with Crippen LogP contribution < -0.4 is 5.32 Å². The van der Waals surface area contributed by atoms with Crippen LogP contribution in [0.5, 0.6) is 0 Å². The Bertz CT molecular complexity index is 982. The molecule has 0 saturated carbocycles. The molecule has 0 unspecified atom stereocenters. The summed E-state index contributed by atoms with van der Waals surface area (Å²) in [6, 6.07) is 11.5. The van der Waals surface area contributed by atoms with E-state index in [1.165, 1.54) is 23.1 Å². The Morgan fingerprint density at radius 2 is 2.00 bits per heavy atom. The van der Waals surface area contributed by atoms with Gasteiger partial charge in [-0.25, -0.2) is 4.79 Å². The van der Waals surface area contributed by atoms with Crippen molar-refractivity contribution in [2.45, 2.75) is 19.0 Å². The third-order valence-electron chi connectivity index (χ3n) is 3.92. The highest BCUT2D eigenvalue weighted by Gasteiger charge is 2.20. The van der Waals surface area contributed by atoms with E-state index >= 15 is 0 Å². The van der Waals surface area contributed by atoms with Crippen LogP contribution in [-0.2, 0) is 16.6 Å². The molecule has 0 aliphatic heterocycles. The van der Waals surface area contributed by atoms with Gasteiger partial charge in [0.1, 0.15) is 10.8 Å². The van der Waals surface area contributed by atoms with E-state index in [2.05, 4.69) is 15.5 Å². The zero-order valence-electron chi connectivity index (χ0n) is 15.8. The molecule has 0 bridgehead atoms. The molecule has 2 aromatic heterocycles. The largest absolute Gasteiger partial charge is 0.462 e. The molecule has 0 saturated heterocycles. The Morgan fingerprint density at radius 3 is 2.64 bits per heavy atom. The van der Waals surface area contributed by atoms with Gasteiger partial charge < -0.3 is 14.6 Å². The lowest BCUT2D eigenvalue weighted by molar-refractivity contribution is -0.113. The number of nitrogens with zero attached hydrogens (tertiary/aromatic N) is 3. The highest BCUT2D eigenvalue weighted by atomic mass is 32.2. The van der Waals surface area contributed by atoms with Crippen LogP contribution in [0.3, 0.4) is 0 Å². The van der Waals surface area contributed by atoms with Crippen molar-refractivity contribution in [3.63, 3.8) is 0 Å². The lowest BCUT2D eigenvalue weighted by Gasteiger charge is -2.06. The number of anilines is 1. The summed E-state index contributed by atoms with van der Waals surface area (Å²) in [6.45, 7) is 3.86. The number of hydrogen-bond donors (Lipinski definition) is 1. The minimum Gasteiger partial charge on any atom is -0.462 e. The van der Waals surface area contributed by atoms with Gasteiger partial charge in [-0.3, -0.25) is 4.79 Å². The van der Waals surface area contributed by atoms with Crippen molar-refractivity contribution < 1.29 is 14.3 Å². The summed E-state index contributed by atoms with van der Waals surface area (Å²) in [5, 5.41) is 12.0. The molecule has 7 nitrogen and oxygen atoms in total. The molecule has 0 spiro atoms. The van der Waals surface area contributed by atoms with Gasteiger partial charge in [0.05, 0.1) is 17.9 Å². The normalized spacial score (nSPS) is 10.7. The van der Waals surface area contributed by atoms with Gasteiger partial charge in [0.2, 0.25) is 5.91 Å². The van der Waals surface area contributed by atoms with Crippen LogP contribution in [0.15, 0.2) is 41.6 Å². The molecule has 0 atom stereocenters. The van der Waals surface area contributed by atoms with Crippen molar-refractivity contribution in [3.8, 4) is 10.4 Å². The number of ether oxygens (including phenoxy) is 1. The van der Waals surface area contributed by atoms with E-state index in [4.69, 9.17) is 4.74 Å². The van der Waals surface area contributed by atoms with Gasteiger partial charge in [0.25, 0.3) is 0 Å². The van der Waals surface area contributed by atoms with Gasteiger partial charge >= 0.3 is 5.97 Å². The molecule has 9 heteroatoms. The number of carbonyl (C=O) groups is 2. The molecule has 1 amide bonds. The van der Waals surface area contributed by atoms with Crippen LogP contribution in [0.25, 0.3) is 10.4 Å². The van der Waals surface area contributed by atoms with Crippen LogP contribution in [-0.4, -0.2) is 39.0 Å². The minimum absolute atomic E-state index is 0.160. The second kappa shape index (κ2) is 9.03. The van der Waals surface area contributed by atoms with Gasteiger partial charge in [-0.1, -0.05) is 42.1 Å². The van der Waals surface area contributed by atoms with Gasteiger partial charge in [-0.2, -0.15) is 0 Å². The lowest BCUT2D eigenvalue weighted by Crippen LogP contribution is -2.16. The number of hydrogen-bond acceptors (Lipinski definition) is 7. The molecule has 2 heterocycles. The van der Waals surface area contributed by atoms with Crippen LogP contribution in [0, 0.1) is 6.92 Å². The van der Waals surface area contributed by atoms with Crippen LogP contribution >= 0.6 is 23.1 Å². The van der Waals surface area contributed by atoms with Crippen LogP contribution in [0.1, 0.15) is 23.1 Å². The van der Waals surface area contributed by atoms with E-state index in [1.54, 1.807) is 13.0 Å². The summed E-state index contributed by atoms with van der Waals surface area (Å²) < 4.78 is 6.96. The number of amides is 1. The van der Waals surface area contributed by atoms with Crippen LogP contribution in [0.4, 0.5) is 5.00 Å². The molecule has 146 valence electrons. The first-order chi connectivity index (χ1) is 13.5. The zero-order valence-corrected chi connectivity index (χ0v) is 17.4. The second-order valence-electron chi connectivity index (χ2n) is 5.87. The Balaban J connectivity index is 1.77. The third-order valence-corrected chi connectivity index (χ3v) is 6.04. The topological polar surface area (TPSA) is 86.1 Å². The van der Waals surface area contributed by atoms with Gasteiger partial charge in [0, 0.05) is 11.9 Å². The fourth-order valence-corrected chi connectivity index (χ4v) is 4.22. The maximum atomic E-state index is 12.4.